The summed E-state index contributed by atoms with van der Waals surface area (Å²) in [6.45, 7) is 0. The maximum absolute atomic E-state index is 13.9. The zero-order chi connectivity index (χ0) is 26.4. The zero-order valence-electron chi connectivity index (χ0n) is 19.5. The molecule has 0 unspecified atom stereocenters. The van der Waals surface area contributed by atoms with Crippen LogP contribution in [0.1, 0.15) is 17.2 Å². The van der Waals surface area contributed by atoms with E-state index >= 15 is 0 Å². The first-order chi connectivity index (χ1) is 18.4. The Morgan fingerprint density at radius 3 is 2.37 bits per heavy atom. The smallest absolute Gasteiger partial charge is 0.356 e. The van der Waals surface area contributed by atoms with E-state index in [1.54, 1.807) is 0 Å². The second kappa shape index (κ2) is 10.5. The van der Waals surface area contributed by atoms with Crippen LogP contribution < -0.4 is 11.2 Å². The van der Waals surface area contributed by atoms with Crippen molar-refractivity contribution in [2.45, 2.75) is 21.7 Å². The van der Waals surface area contributed by atoms with Crippen molar-refractivity contribution < 1.29 is 14.3 Å². The number of fused-ring (bicyclic) bond motifs is 2. The number of β-lactam (4-membered cyclic amide) rings is 1. The number of esters is 1. The van der Waals surface area contributed by atoms with E-state index in [2.05, 4.69) is 0 Å². The highest BCUT2D eigenvalue weighted by atomic mass is 35.5. The van der Waals surface area contributed by atoms with Crippen molar-refractivity contribution in [1.29, 1.82) is 0 Å². The van der Waals surface area contributed by atoms with E-state index in [1.165, 1.54) is 51.1 Å². The molecule has 0 aliphatic carbocycles. The number of thiophene rings is 1. The fourth-order valence-electron chi connectivity index (χ4n) is 4.36. The first-order valence-electron chi connectivity index (χ1n) is 11.6. The summed E-state index contributed by atoms with van der Waals surface area (Å²) in [4.78, 5) is 41.6. The Bertz CT molecular complexity index is 1600. The van der Waals surface area contributed by atoms with Crippen molar-refractivity contribution in [2.24, 2.45) is 5.73 Å². The molecule has 2 N–H and O–H groups in total. The predicted octanol–water partition coefficient (Wildman–Crippen LogP) is 5.86. The van der Waals surface area contributed by atoms with Crippen molar-refractivity contribution in [3.8, 4) is 0 Å². The Morgan fingerprint density at radius 2 is 1.71 bits per heavy atom. The highest BCUT2D eigenvalue weighted by Gasteiger charge is 2.52. The van der Waals surface area contributed by atoms with E-state index in [0.29, 0.717) is 19.6 Å². The van der Waals surface area contributed by atoms with Gasteiger partial charge in [-0.1, -0.05) is 84.0 Å². The van der Waals surface area contributed by atoms with Gasteiger partial charge in [0.05, 0.1) is 13.6 Å². The Hall–Kier alpha value is -2.60. The topological polar surface area (TPSA) is 89.7 Å². The number of amides is 1. The number of thioether (sulfide) groups is 2. The van der Waals surface area contributed by atoms with E-state index in [9.17, 15) is 14.4 Å². The lowest BCUT2D eigenvalue weighted by molar-refractivity contribution is -0.152. The second-order valence-electron chi connectivity index (χ2n) is 8.56. The van der Waals surface area contributed by atoms with Gasteiger partial charge in [-0.2, -0.15) is 0 Å². The van der Waals surface area contributed by atoms with Gasteiger partial charge in [0.1, 0.15) is 22.1 Å². The molecule has 6 nitrogen and oxygen atoms in total. The van der Waals surface area contributed by atoms with Crippen LogP contribution in [0.15, 0.2) is 91.7 Å². The number of ether oxygens (including phenoxy) is 1. The predicted molar refractivity (Wildman–Crippen MR) is 156 cm³/mol. The molecule has 0 radical (unpaired) electrons. The highest BCUT2D eigenvalue weighted by Crippen LogP contribution is 2.48. The van der Waals surface area contributed by atoms with Crippen LogP contribution in [0.2, 0.25) is 5.02 Å². The molecule has 0 saturated carbocycles. The lowest BCUT2D eigenvalue weighted by atomic mass is 10.0. The summed E-state index contributed by atoms with van der Waals surface area (Å²) in [6.07, 6.45) is -0.677. The number of carbonyl (C=O) groups is 2. The molecule has 4 heterocycles. The van der Waals surface area contributed by atoms with Crippen LogP contribution >= 0.6 is 57.8 Å². The molecule has 1 saturated heterocycles. The van der Waals surface area contributed by atoms with Gasteiger partial charge in [-0.05, 0) is 22.6 Å². The molecule has 0 spiro atoms. The maximum Gasteiger partial charge on any atom is 0.356 e. The fourth-order valence-corrected chi connectivity index (χ4v) is 9.54. The first-order valence-corrected chi connectivity index (χ1v) is 15.5. The summed E-state index contributed by atoms with van der Waals surface area (Å²) < 4.78 is 8.14. The van der Waals surface area contributed by atoms with Crippen molar-refractivity contribution in [1.82, 2.24) is 4.90 Å². The maximum atomic E-state index is 13.9. The van der Waals surface area contributed by atoms with Crippen LogP contribution in [0.3, 0.4) is 0 Å². The standard InChI is InChI=1S/C27H19ClN2O4S4/c28-18-21(31)23-16(11-12-35-23)37-27(18)38-17-13-36-25-19(29)24(32)30(25)20(17)26(33)34-22(14-7-3-1-4-8-14)15-9-5-2-6-10-15/h1-12,19,22,25H,13,29H2/t19-,25-/m1/s1. The number of hydrogen-bond acceptors (Lipinski definition) is 9. The number of rotatable bonds is 6. The van der Waals surface area contributed by atoms with Gasteiger partial charge in [-0.25, -0.2) is 4.79 Å². The van der Waals surface area contributed by atoms with Crippen LogP contribution in [0.4, 0.5) is 0 Å². The molecule has 192 valence electrons. The minimum atomic E-state index is -0.685. The van der Waals surface area contributed by atoms with Crippen LogP contribution in [0.25, 0.3) is 9.40 Å². The Balaban J connectivity index is 1.41. The summed E-state index contributed by atoms with van der Waals surface area (Å²) >= 11 is 11.9. The summed E-state index contributed by atoms with van der Waals surface area (Å²) in [6, 6.07) is 20.1. The molecular weight excluding hydrogens is 580 g/mol. The van der Waals surface area contributed by atoms with E-state index in [4.69, 9.17) is 22.1 Å². The summed E-state index contributed by atoms with van der Waals surface area (Å²) in [5, 5.41) is 1.61. The molecule has 2 aromatic carbocycles. The van der Waals surface area contributed by atoms with Gasteiger partial charge in [-0.3, -0.25) is 14.5 Å². The second-order valence-corrected chi connectivity index (χ2v) is 13.4. The first kappa shape index (κ1) is 25.7. The zero-order valence-corrected chi connectivity index (χ0v) is 23.6. The van der Waals surface area contributed by atoms with Crippen LogP contribution in [-0.4, -0.2) is 33.9 Å². The number of halogens is 1. The summed E-state index contributed by atoms with van der Waals surface area (Å²) in [5.74, 6) is -0.538. The number of nitrogens with two attached hydrogens (primary N) is 1. The van der Waals surface area contributed by atoms with Crippen molar-refractivity contribution in [2.75, 3.05) is 5.75 Å². The summed E-state index contributed by atoms with van der Waals surface area (Å²) in [7, 11) is 0. The number of hydrogen-bond donors (Lipinski definition) is 1. The third-order valence-electron chi connectivity index (χ3n) is 6.23. The molecule has 0 bridgehead atoms. The largest absolute Gasteiger partial charge is 0.448 e. The van der Waals surface area contributed by atoms with Crippen molar-refractivity contribution >= 4 is 79.1 Å². The van der Waals surface area contributed by atoms with E-state index < -0.39 is 18.1 Å². The SMILES string of the molecule is N[C@@H]1C(=O)N2C(C(=O)OC(c3ccccc3)c3ccccc3)=C(Sc3sc4ccsc4c(=O)c3Cl)CS[C@H]12. The van der Waals surface area contributed by atoms with Gasteiger partial charge in [0.2, 0.25) is 11.3 Å². The van der Waals surface area contributed by atoms with Gasteiger partial charge in [0, 0.05) is 10.7 Å². The molecule has 4 aromatic rings. The average molecular weight is 599 g/mol. The number of carbonyl (C=O) groups excluding carboxylic acids is 2. The molecule has 1 fully saturated rings. The van der Waals surface area contributed by atoms with Gasteiger partial charge in [0.15, 0.2) is 6.10 Å². The Kier molecular flexibility index (Phi) is 7.10. The van der Waals surface area contributed by atoms with Gasteiger partial charge in [0.25, 0.3) is 0 Å². The van der Waals surface area contributed by atoms with Gasteiger partial charge < -0.3 is 10.5 Å². The lowest BCUT2D eigenvalue weighted by Crippen LogP contribution is -2.68. The fraction of sp³-hybridized carbons (Fsp3) is 0.148. The van der Waals surface area contributed by atoms with E-state index in [-0.39, 0.29) is 27.4 Å². The van der Waals surface area contributed by atoms with Gasteiger partial charge in [-0.15, -0.1) is 34.4 Å². The molecule has 1 amide bonds. The molecule has 2 aromatic heterocycles. The third kappa shape index (κ3) is 4.49. The molecule has 6 rings (SSSR count). The third-order valence-corrected chi connectivity index (χ3v) is 11.8. The number of benzene rings is 2. The van der Waals surface area contributed by atoms with Crippen molar-refractivity contribution in [3.63, 3.8) is 0 Å². The highest BCUT2D eigenvalue weighted by molar-refractivity contribution is 8.07. The van der Waals surface area contributed by atoms with Crippen LogP contribution in [0, 0.1) is 0 Å². The lowest BCUT2D eigenvalue weighted by Gasteiger charge is -2.48. The molecule has 2 aliphatic rings. The van der Waals surface area contributed by atoms with E-state index in [1.807, 2.05) is 72.1 Å². The van der Waals surface area contributed by atoms with Gasteiger partial charge >= 0.3 is 5.97 Å². The average Bonchev–Trinajstić information content (AvgIpc) is 3.43. The molecule has 11 heteroatoms. The monoisotopic (exact) mass is 598 g/mol. The molecular formula is C27H19ClN2O4S4. The van der Waals surface area contributed by atoms with E-state index in [0.717, 1.165) is 15.8 Å². The minimum Gasteiger partial charge on any atom is -0.448 e. The van der Waals surface area contributed by atoms with Crippen molar-refractivity contribution in [3.05, 3.63) is 109 Å². The summed E-state index contributed by atoms with van der Waals surface area (Å²) in [5.41, 5.74) is 7.59. The minimum absolute atomic E-state index is 0.111. The Labute approximate surface area is 239 Å². The number of nitrogens with zero attached hydrogens (tertiary/aromatic N) is 1. The van der Waals surface area contributed by atoms with Crippen LogP contribution in [-0.2, 0) is 14.3 Å². The molecule has 38 heavy (non-hydrogen) atoms. The quantitative estimate of drug-likeness (QED) is 0.220. The normalized spacial score (nSPS) is 19.0. The van der Waals surface area contributed by atoms with Crippen LogP contribution in [0.5, 0.6) is 0 Å². The molecule has 2 atom stereocenters. The molecule has 2 aliphatic heterocycles. The Morgan fingerprint density at radius 1 is 1.05 bits per heavy atom.